The van der Waals surface area contributed by atoms with Gasteiger partial charge in [-0.1, -0.05) is 30.3 Å². The molecule has 168 valence electrons. The SMILES string of the molecule is COc1ccc(N2C(=O)N[C@H](CCC(=O)N3CCN(Cc4ccccc4)CC3)C2=O)cc1. The van der Waals surface area contributed by atoms with E-state index in [1.807, 2.05) is 23.1 Å². The van der Waals surface area contributed by atoms with Crippen molar-refractivity contribution in [3.05, 3.63) is 60.2 Å². The first-order valence-corrected chi connectivity index (χ1v) is 10.9. The molecular formula is C24H28N4O4. The molecule has 2 fully saturated rings. The predicted octanol–water partition coefficient (Wildman–Crippen LogP) is 2.24. The van der Waals surface area contributed by atoms with Crippen LogP contribution in [0.5, 0.6) is 5.75 Å². The quantitative estimate of drug-likeness (QED) is 0.674. The van der Waals surface area contributed by atoms with Crippen molar-refractivity contribution in [2.75, 3.05) is 38.2 Å². The van der Waals surface area contributed by atoms with Crippen molar-refractivity contribution in [3.8, 4) is 5.75 Å². The van der Waals surface area contributed by atoms with Crippen LogP contribution in [0.4, 0.5) is 10.5 Å². The fraction of sp³-hybridized carbons (Fsp3) is 0.375. The van der Waals surface area contributed by atoms with E-state index in [0.717, 1.165) is 24.5 Å². The number of methoxy groups -OCH3 is 1. The molecule has 2 aromatic rings. The number of amides is 4. The summed E-state index contributed by atoms with van der Waals surface area (Å²) < 4.78 is 5.12. The van der Waals surface area contributed by atoms with Gasteiger partial charge in [0.1, 0.15) is 11.8 Å². The first-order valence-electron chi connectivity index (χ1n) is 10.9. The molecule has 32 heavy (non-hydrogen) atoms. The summed E-state index contributed by atoms with van der Waals surface area (Å²) in [6.07, 6.45) is 0.520. The van der Waals surface area contributed by atoms with Crippen LogP contribution in [0.2, 0.25) is 0 Å². The number of ether oxygens (including phenoxy) is 1. The molecule has 2 aromatic carbocycles. The Bertz CT molecular complexity index is 956. The largest absolute Gasteiger partial charge is 0.497 e. The van der Waals surface area contributed by atoms with Crippen molar-refractivity contribution < 1.29 is 19.1 Å². The van der Waals surface area contributed by atoms with E-state index in [-0.39, 0.29) is 18.2 Å². The third kappa shape index (κ3) is 4.91. The number of rotatable bonds is 7. The van der Waals surface area contributed by atoms with Crippen LogP contribution >= 0.6 is 0 Å². The number of benzene rings is 2. The summed E-state index contributed by atoms with van der Waals surface area (Å²) in [5.41, 5.74) is 1.75. The summed E-state index contributed by atoms with van der Waals surface area (Å²) in [7, 11) is 1.55. The summed E-state index contributed by atoms with van der Waals surface area (Å²) in [5.74, 6) is 0.335. The standard InChI is InChI=1S/C24H28N4O4/c1-32-20-9-7-19(8-10-20)28-23(30)21(25-24(28)31)11-12-22(29)27-15-13-26(14-16-27)17-18-5-3-2-4-6-18/h2-10,21H,11-17H2,1H3,(H,25,31)/t21-/m1/s1. The Hall–Kier alpha value is -3.39. The Morgan fingerprint density at radius 1 is 1.00 bits per heavy atom. The zero-order valence-corrected chi connectivity index (χ0v) is 18.2. The van der Waals surface area contributed by atoms with Gasteiger partial charge in [0.25, 0.3) is 5.91 Å². The highest BCUT2D eigenvalue weighted by Crippen LogP contribution is 2.24. The van der Waals surface area contributed by atoms with E-state index >= 15 is 0 Å². The lowest BCUT2D eigenvalue weighted by atomic mass is 10.1. The summed E-state index contributed by atoms with van der Waals surface area (Å²) in [6.45, 7) is 3.88. The fourth-order valence-corrected chi connectivity index (χ4v) is 4.13. The Morgan fingerprint density at radius 2 is 1.69 bits per heavy atom. The number of hydrogen-bond acceptors (Lipinski definition) is 5. The Balaban J connectivity index is 1.25. The van der Waals surface area contributed by atoms with Crippen LogP contribution in [0, 0.1) is 0 Å². The smallest absolute Gasteiger partial charge is 0.329 e. The maximum atomic E-state index is 12.8. The number of urea groups is 1. The molecule has 1 atom stereocenters. The van der Waals surface area contributed by atoms with E-state index in [9.17, 15) is 14.4 Å². The van der Waals surface area contributed by atoms with E-state index < -0.39 is 12.1 Å². The fourth-order valence-electron chi connectivity index (χ4n) is 4.13. The number of piperazine rings is 1. The number of hydrogen-bond donors (Lipinski definition) is 1. The van der Waals surface area contributed by atoms with Gasteiger partial charge in [-0.25, -0.2) is 9.69 Å². The number of imide groups is 1. The molecule has 4 rings (SSSR count). The van der Waals surface area contributed by atoms with Crippen molar-refractivity contribution in [1.82, 2.24) is 15.1 Å². The van der Waals surface area contributed by atoms with E-state index in [2.05, 4.69) is 22.3 Å². The summed E-state index contributed by atoms with van der Waals surface area (Å²) in [4.78, 5) is 43.1. The zero-order valence-electron chi connectivity index (χ0n) is 18.2. The van der Waals surface area contributed by atoms with Crippen molar-refractivity contribution in [3.63, 3.8) is 0 Å². The summed E-state index contributed by atoms with van der Waals surface area (Å²) >= 11 is 0. The van der Waals surface area contributed by atoms with Gasteiger partial charge in [0.15, 0.2) is 0 Å². The lowest BCUT2D eigenvalue weighted by molar-refractivity contribution is -0.133. The highest BCUT2D eigenvalue weighted by molar-refractivity contribution is 6.21. The lowest BCUT2D eigenvalue weighted by Gasteiger charge is -2.35. The van der Waals surface area contributed by atoms with Gasteiger partial charge in [-0.2, -0.15) is 0 Å². The van der Waals surface area contributed by atoms with Gasteiger partial charge in [0.2, 0.25) is 5.91 Å². The Labute approximate surface area is 187 Å². The van der Waals surface area contributed by atoms with Crippen LogP contribution in [-0.2, 0) is 16.1 Å². The monoisotopic (exact) mass is 436 g/mol. The molecule has 1 N–H and O–H groups in total. The van der Waals surface area contributed by atoms with Gasteiger partial charge in [-0.05, 0) is 36.2 Å². The van der Waals surface area contributed by atoms with Gasteiger partial charge in [-0.3, -0.25) is 14.5 Å². The number of carbonyl (C=O) groups excluding carboxylic acids is 3. The van der Waals surface area contributed by atoms with Crippen LogP contribution in [0.15, 0.2) is 54.6 Å². The normalized spacial score (nSPS) is 19.2. The molecule has 8 nitrogen and oxygen atoms in total. The molecule has 0 spiro atoms. The topological polar surface area (TPSA) is 82.2 Å². The molecule has 0 aromatic heterocycles. The molecule has 0 radical (unpaired) electrons. The van der Waals surface area contributed by atoms with Crippen LogP contribution < -0.4 is 15.0 Å². The molecule has 0 aliphatic carbocycles. The molecule has 2 aliphatic rings. The number of carbonyl (C=O) groups is 3. The highest BCUT2D eigenvalue weighted by Gasteiger charge is 2.39. The molecule has 4 amide bonds. The molecule has 0 unspecified atom stereocenters. The van der Waals surface area contributed by atoms with Gasteiger partial charge in [0.05, 0.1) is 12.8 Å². The molecule has 0 bridgehead atoms. The van der Waals surface area contributed by atoms with Gasteiger partial charge >= 0.3 is 6.03 Å². The predicted molar refractivity (Wildman–Crippen MR) is 120 cm³/mol. The van der Waals surface area contributed by atoms with Gasteiger partial charge in [0, 0.05) is 39.1 Å². The van der Waals surface area contributed by atoms with Gasteiger partial charge in [-0.15, -0.1) is 0 Å². The van der Waals surface area contributed by atoms with Crippen molar-refractivity contribution in [2.24, 2.45) is 0 Å². The molecule has 2 saturated heterocycles. The molecule has 0 saturated carbocycles. The number of nitrogens with one attached hydrogen (secondary N) is 1. The molecule has 8 heteroatoms. The third-order valence-electron chi connectivity index (χ3n) is 5.97. The van der Waals surface area contributed by atoms with E-state index in [1.54, 1.807) is 31.4 Å². The van der Waals surface area contributed by atoms with E-state index in [4.69, 9.17) is 4.74 Å². The van der Waals surface area contributed by atoms with Crippen molar-refractivity contribution in [1.29, 1.82) is 0 Å². The molecular weight excluding hydrogens is 408 g/mol. The first-order chi connectivity index (χ1) is 15.5. The number of anilines is 1. The van der Waals surface area contributed by atoms with Crippen LogP contribution in [0.1, 0.15) is 18.4 Å². The summed E-state index contributed by atoms with van der Waals surface area (Å²) in [5, 5.41) is 2.70. The van der Waals surface area contributed by atoms with Crippen LogP contribution in [0.3, 0.4) is 0 Å². The zero-order chi connectivity index (χ0) is 22.5. The second kappa shape index (κ2) is 9.82. The number of nitrogens with zero attached hydrogens (tertiary/aromatic N) is 3. The minimum absolute atomic E-state index is 0.0225. The first kappa shape index (κ1) is 21.8. The molecule has 2 heterocycles. The molecule has 2 aliphatic heterocycles. The highest BCUT2D eigenvalue weighted by atomic mass is 16.5. The van der Waals surface area contributed by atoms with E-state index in [1.165, 1.54) is 5.56 Å². The Kier molecular flexibility index (Phi) is 6.70. The second-order valence-corrected chi connectivity index (χ2v) is 8.05. The van der Waals surface area contributed by atoms with Crippen LogP contribution in [-0.4, -0.2) is 67.0 Å². The maximum absolute atomic E-state index is 12.8. The second-order valence-electron chi connectivity index (χ2n) is 8.05. The van der Waals surface area contributed by atoms with E-state index in [0.29, 0.717) is 30.9 Å². The summed E-state index contributed by atoms with van der Waals surface area (Å²) in [6, 6.07) is 15.9. The average Bonchev–Trinajstić information content (AvgIpc) is 3.11. The Morgan fingerprint density at radius 3 is 2.34 bits per heavy atom. The minimum atomic E-state index is -0.687. The lowest BCUT2D eigenvalue weighted by Crippen LogP contribution is -2.48. The van der Waals surface area contributed by atoms with Crippen LogP contribution in [0.25, 0.3) is 0 Å². The van der Waals surface area contributed by atoms with Crippen molar-refractivity contribution in [2.45, 2.75) is 25.4 Å². The van der Waals surface area contributed by atoms with Crippen molar-refractivity contribution >= 4 is 23.5 Å². The third-order valence-corrected chi connectivity index (χ3v) is 5.97. The van der Waals surface area contributed by atoms with Gasteiger partial charge < -0.3 is 15.0 Å². The maximum Gasteiger partial charge on any atom is 0.329 e. The minimum Gasteiger partial charge on any atom is -0.497 e. The average molecular weight is 437 g/mol.